The monoisotopic (exact) mass is 297 g/mol. The summed E-state index contributed by atoms with van der Waals surface area (Å²) in [5, 5.41) is 0.605. The van der Waals surface area contributed by atoms with Crippen LogP contribution in [0.1, 0.15) is 0 Å². The van der Waals surface area contributed by atoms with Crippen LogP contribution in [0.25, 0.3) is 11.3 Å². The number of halogens is 2. The summed E-state index contributed by atoms with van der Waals surface area (Å²) < 4.78 is 28.8. The van der Waals surface area contributed by atoms with Crippen molar-refractivity contribution in [2.75, 3.05) is 12.3 Å². The maximum atomic E-state index is 12.2. The highest BCUT2D eigenvalue weighted by Gasteiger charge is 2.07. The van der Waals surface area contributed by atoms with Crippen molar-refractivity contribution in [2.24, 2.45) is 5.73 Å². The molecular weight excluding hydrogens is 284 g/mol. The van der Waals surface area contributed by atoms with Gasteiger partial charge in [0.15, 0.2) is 5.16 Å². The number of ether oxygens (including phenoxy) is 1. The quantitative estimate of drug-likeness (QED) is 0.656. The molecule has 0 aliphatic rings. The molecule has 106 valence electrons. The van der Waals surface area contributed by atoms with Crippen molar-refractivity contribution < 1.29 is 13.5 Å². The van der Waals surface area contributed by atoms with E-state index in [9.17, 15) is 8.78 Å². The van der Waals surface area contributed by atoms with Gasteiger partial charge < -0.3 is 10.5 Å². The maximum absolute atomic E-state index is 12.2. The lowest BCUT2D eigenvalue weighted by Gasteiger charge is -2.07. The molecule has 0 aliphatic carbocycles. The molecule has 0 radical (unpaired) electrons. The van der Waals surface area contributed by atoms with E-state index in [0.29, 0.717) is 23.0 Å². The van der Waals surface area contributed by atoms with Crippen LogP contribution >= 0.6 is 11.8 Å². The Balaban J connectivity index is 2.22. The van der Waals surface area contributed by atoms with E-state index >= 15 is 0 Å². The van der Waals surface area contributed by atoms with Gasteiger partial charge in [0, 0.05) is 24.1 Å². The maximum Gasteiger partial charge on any atom is 0.387 e. The zero-order chi connectivity index (χ0) is 14.4. The van der Waals surface area contributed by atoms with E-state index in [2.05, 4.69) is 14.7 Å². The largest absolute Gasteiger partial charge is 0.435 e. The van der Waals surface area contributed by atoms with Gasteiger partial charge in [0.1, 0.15) is 5.75 Å². The van der Waals surface area contributed by atoms with Crippen molar-refractivity contribution >= 4 is 11.8 Å². The highest BCUT2D eigenvalue weighted by atomic mass is 32.2. The van der Waals surface area contributed by atoms with Crippen molar-refractivity contribution in [1.29, 1.82) is 0 Å². The first-order chi connectivity index (χ1) is 9.69. The predicted octanol–water partition coefficient (Wildman–Crippen LogP) is 2.80. The topological polar surface area (TPSA) is 61.0 Å². The Morgan fingerprint density at radius 1 is 1.30 bits per heavy atom. The van der Waals surface area contributed by atoms with Crippen molar-refractivity contribution in [1.82, 2.24) is 9.97 Å². The SMILES string of the molecule is NCCSc1nccc(-c2cccc(OC(F)F)c2)n1. The van der Waals surface area contributed by atoms with Crippen LogP contribution in [0.5, 0.6) is 5.75 Å². The van der Waals surface area contributed by atoms with E-state index in [-0.39, 0.29) is 5.75 Å². The predicted molar refractivity (Wildman–Crippen MR) is 73.9 cm³/mol. The summed E-state index contributed by atoms with van der Waals surface area (Å²) in [4.78, 5) is 8.47. The van der Waals surface area contributed by atoms with Gasteiger partial charge in [-0.25, -0.2) is 9.97 Å². The average Bonchev–Trinajstić information content (AvgIpc) is 2.45. The number of hydrogen-bond donors (Lipinski definition) is 1. The summed E-state index contributed by atoms with van der Waals surface area (Å²) in [6, 6.07) is 8.13. The molecule has 4 nitrogen and oxygen atoms in total. The number of nitrogens with zero attached hydrogens (tertiary/aromatic N) is 2. The molecular formula is C13H13F2N3OS. The van der Waals surface area contributed by atoms with E-state index < -0.39 is 6.61 Å². The van der Waals surface area contributed by atoms with Crippen LogP contribution in [0, 0.1) is 0 Å². The molecule has 0 spiro atoms. The molecule has 7 heteroatoms. The van der Waals surface area contributed by atoms with Crippen molar-refractivity contribution in [3.63, 3.8) is 0 Å². The van der Waals surface area contributed by atoms with Crippen LogP contribution in [0.4, 0.5) is 8.78 Å². The Hall–Kier alpha value is -1.73. The zero-order valence-corrected chi connectivity index (χ0v) is 11.3. The second-order valence-corrected chi connectivity index (χ2v) is 4.83. The van der Waals surface area contributed by atoms with Crippen LogP contribution in [-0.4, -0.2) is 28.9 Å². The molecule has 0 unspecified atom stereocenters. The van der Waals surface area contributed by atoms with E-state index in [1.165, 1.54) is 23.9 Å². The average molecular weight is 297 g/mol. The molecule has 0 fully saturated rings. The third-order valence-corrected chi connectivity index (χ3v) is 3.23. The van der Waals surface area contributed by atoms with Gasteiger partial charge in [0.2, 0.25) is 0 Å². The third kappa shape index (κ3) is 4.14. The first kappa shape index (κ1) is 14.7. The van der Waals surface area contributed by atoms with Crippen molar-refractivity contribution in [2.45, 2.75) is 11.8 Å². The Labute approximate surface area is 119 Å². The lowest BCUT2D eigenvalue weighted by molar-refractivity contribution is -0.0498. The van der Waals surface area contributed by atoms with Gasteiger partial charge in [-0.15, -0.1) is 0 Å². The number of alkyl halides is 2. The van der Waals surface area contributed by atoms with Crippen molar-refractivity contribution in [3.05, 3.63) is 36.5 Å². The summed E-state index contributed by atoms with van der Waals surface area (Å²) >= 11 is 1.45. The normalized spacial score (nSPS) is 10.8. The lowest BCUT2D eigenvalue weighted by atomic mass is 10.1. The van der Waals surface area contributed by atoms with E-state index in [1.807, 2.05) is 0 Å². The Bertz CT molecular complexity index is 569. The van der Waals surface area contributed by atoms with Crippen LogP contribution < -0.4 is 10.5 Å². The van der Waals surface area contributed by atoms with Gasteiger partial charge in [-0.1, -0.05) is 23.9 Å². The molecule has 0 saturated carbocycles. The standard InChI is InChI=1S/C13H13F2N3OS/c14-12(15)19-10-3-1-2-9(8-10)11-4-6-17-13(18-11)20-7-5-16/h1-4,6,8,12H,5,7,16H2. The molecule has 0 bridgehead atoms. The van der Waals surface area contributed by atoms with Gasteiger partial charge in [-0.05, 0) is 18.2 Å². The lowest BCUT2D eigenvalue weighted by Crippen LogP contribution is -2.02. The number of nitrogens with two attached hydrogens (primary N) is 1. The number of thioether (sulfide) groups is 1. The number of benzene rings is 1. The molecule has 2 rings (SSSR count). The van der Waals surface area contributed by atoms with Gasteiger partial charge in [-0.3, -0.25) is 0 Å². The summed E-state index contributed by atoms with van der Waals surface area (Å²) in [6.07, 6.45) is 1.63. The fraction of sp³-hybridized carbons (Fsp3) is 0.231. The van der Waals surface area contributed by atoms with E-state index in [4.69, 9.17) is 5.73 Å². The summed E-state index contributed by atoms with van der Waals surface area (Å²) in [5.41, 5.74) is 6.77. The first-order valence-corrected chi connectivity index (χ1v) is 6.89. The minimum absolute atomic E-state index is 0.104. The van der Waals surface area contributed by atoms with Crippen LogP contribution in [0.15, 0.2) is 41.7 Å². The summed E-state index contributed by atoms with van der Waals surface area (Å²) in [6.45, 7) is -2.30. The summed E-state index contributed by atoms with van der Waals surface area (Å²) in [7, 11) is 0. The highest BCUT2D eigenvalue weighted by Crippen LogP contribution is 2.24. The molecule has 0 atom stereocenters. The Kier molecular flexibility index (Phi) is 5.25. The number of aromatic nitrogens is 2. The fourth-order valence-corrected chi connectivity index (χ4v) is 2.15. The minimum Gasteiger partial charge on any atom is -0.435 e. The molecule has 2 N–H and O–H groups in total. The molecule has 2 aromatic rings. The smallest absolute Gasteiger partial charge is 0.387 e. The molecule has 1 aromatic carbocycles. The number of rotatable bonds is 6. The molecule has 20 heavy (non-hydrogen) atoms. The van der Waals surface area contributed by atoms with Gasteiger partial charge in [-0.2, -0.15) is 8.78 Å². The molecule has 0 aliphatic heterocycles. The van der Waals surface area contributed by atoms with Crippen LogP contribution in [0.2, 0.25) is 0 Å². The Morgan fingerprint density at radius 2 is 2.15 bits per heavy atom. The molecule has 1 aromatic heterocycles. The molecule has 1 heterocycles. The number of hydrogen-bond acceptors (Lipinski definition) is 5. The van der Waals surface area contributed by atoms with Crippen LogP contribution in [-0.2, 0) is 0 Å². The minimum atomic E-state index is -2.84. The molecule has 0 amide bonds. The first-order valence-electron chi connectivity index (χ1n) is 5.90. The summed E-state index contributed by atoms with van der Waals surface area (Å²) in [5.74, 6) is 0.824. The zero-order valence-electron chi connectivity index (χ0n) is 10.5. The van der Waals surface area contributed by atoms with Crippen molar-refractivity contribution in [3.8, 4) is 17.0 Å². The third-order valence-electron chi connectivity index (χ3n) is 2.34. The fourth-order valence-electron chi connectivity index (χ4n) is 1.55. The van der Waals surface area contributed by atoms with Gasteiger partial charge >= 0.3 is 6.61 Å². The van der Waals surface area contributed by atoms with E-state index in [1.54, 1.807) is 24.4 Å². The van der Waals surface area contributed by atoms with Gasteiger partial charge in [0.25, 0.3) is 0 Å². The second kappa shape index (κ2) is 7.16. The van der Waals surface area contributed by atoms with Crippen LogP contribution in [0.3, 0.4) is 0 Å². The highest BCUT2D eigenvalue weighted by molar-refractivity contribution is 7.99. The molecule has 0 saturated heterocycles. The van der Waals surface area contributed by atoms with Gasteiger partial charge in [0.05, 0.1) is 5.69 Å². The second-order valence-electron chi connectivity index (χ2n) is 3.77. The Morgan fingerprint density at radius 3 is 2.90 bits per heavy atom. The van der Waals surface area contributed by atoms with E-state index in [0.717, 1.165) is 5.75 Å².